The first-order valence-corrected chi connectivity index (χ1v) is 14.0. The Balaban J connectivity index is 1.32. The number of rotatable bonds is 6. The lowest BCUT2D eigenvalue weighted by Crippen LogP contribution is -2.41. The molecule has 2 amide bonds. The van der Waals surface area contributed by atoms with Crippen molar-refractivity contribution in [2.24, 2.45) is 11.8 Å². The van der Waals surface area contributed by atoms with E-state index in [2.05, 4.69) is 26.5 Å². The number of nitrogens with zero attached hydrogens (tertiary/aromatic N) is 4. The highest BCUT2D eigenvalue weighted by molar-refractivity contribution is 7.13. The lowest BCUT2D eigenvalue weighted by Gasteiger charge is -2.36. The van der Waals surface area contributed by atoms with E-state index in [1.54, 1.807) is 6.20 Å². The van der Waals surface area contributed by atoms with Crippen LogP contribution in [-0.2, 0) is 4.79 Å². The topological polar surface area (TPSA) is 87.7 Å². The molecule has 0 saturated carbocycles. The van der Waals surface area contributed by atoms with Crippen LogP contribution in [0.4, 0.5) is 11.4 Å². The van der Waals surface area contributed by atoms with Gasteiger partial charge in [0.15, 0.2) is 0 Å². The Hall–Kier alpha value is -3.20. The van der Waals surface area contributed by atoms with Gasteiger partial charge in [-0.05, 0) is 81.2 Å². The second-order valence-corrected chi connectivity index (χ2v) is 10.9. The molecule has 2 fully saturated rings. The molecule has 2 aromatic heterocycles. The number of fused-ring (bicyclic) bond motifs is 1. The first kappa shape index (κ1) is 25.4. The second kappa shape index (κ2) is 11.0. The van der Waals surface area contributed by atoms with Crippen LogP contribution in [0.15, 0.2) is 30.5 Å². The van der Waals surface area contributed by atoms with Crippen LogP contribution in [0.3, 0.4) is 0 Å². The van der Waals surface area contributed by atoms with E-state index in [0.29, 0.717) is 31.2 Å². The smallest absolute Gasteiger partial charge is 0.257 e. The lowest BCUT2D eigenvalue weighted by molar-refractivity contribution is -0.120. The molecule has 1 N–H and O–H groups in total. The van der Waals surface area contributed by atoms with Crippen LogP contribution in [0.2, 0.25) is 0 Å². The summed E-state index contributed by atoms with van der Waals surface area (Å²) in [5, 5.41) is 4.03. The molecule has 0 spiro atoms. The van der Waals surface area contributed by atoms with Crippen molar-refractivity contribution in [3.8, 4) is 5.75 Å². The third-order valence-electron chi connectivity index (χ3n) is 7.56. The van der Waals surface area contributed by atoms with Crippen LogP contribution in [0.25, 0.3) is 10.2 Å². The molecule has 3 aromatic rings. The summed E-state index contributed by atoms with van der Waals surface area (Å²) in [4.78, 5) is 36.4. The highest BCUT2D eigenvalue weighted by Gasteiger charge is 2.31. The molecule has 1 aromatic carbocycles. The Bertz CT molecular complexity index is 1260. The van der Waals surface area contributed by atoms with Gasteiger partial charge in [0.25, 0.3) is 5.91 Å². The summed E-state index contributed by atoms with van der Waals surface area (Å²) in [7, 11) is 0. The Kier molecular flexibility index (Phi) is 7.60. The van der Waals surface area contributed by atoms with Gasteiger partial charge in [-0.25, -0.2) is 4.98 Å². The van der Waals surface area contributed by atoms with Crippen molar-refractivity contribution in [2.45, 2.75) is 46.5 Å². The van der Waals surface area contributed by atoms with Crippen molar-refractivity contribution in [2.75, 3.05) is 43.0 Å². The maximum absolute atomic E-state index is 13.7. The molecular formula is C28H35N5O3S. The number of piperidine rings is 2. The fourth-order valence-electron chi connectivity index (χ4n) is 5.32. The highest BCUT2D eigenvalue weighted by atomic mass is 32.1. The van der Waals surface area contributed by atoms with E-state index >= 15 is 0 Å². The van der Waals surface area contributed by atoms with Crippen LogP contribution in [0, 0.1) is 18.8 Å². The molecular weight excluding hydrogens is 486 g/mol. The van der Waals surface area contributed by atoms with E-state index in [1.807, 2.05) is 43.0 Å². The van der Waals surface area contributed by atoms with E-state index in [0.717, 1.165) is 71.8 Å². The average molecular weight is 522 g/mol. The summed E-state index contributed by atoms with van der Waals surface area (Å²) < 4.78 is 10.0. The summed E-state index contributed by atoms with van der Waals surface area (Å²) in [6.45, 7) is 9.76. The molecule has 4 heterocycles. The quantitative estimate of drug-likeness (QED) is 0.484. The molecule has 2 aliphatic rings. The number of nitrogens with one attached hydrogen (secondary N) is 1. The lowest BCUT2D eigenvalue weighted by atomic mass is 9.94. The van der Waals surface area contributed by atoms with E-state index in [9.17, 15) is 9.59 Å². The van der Waals surface area contributed by atoms with Crippen LogP contribution < -0.4 is 15.0 Å². The van der Waals surface area contributed by atoms with Crippen molar-refractivity contribution >= 4 is 44.9 Å². The summed E-state index contributed by atoms with van der Waals surface area (Å²) in [5.74, 6) is 1.46. The van der Waals surface area contributed by atoms with Crippen LogP contribution in [-0.4, -0.2) is 58.9 Å². The van der Waals surface area contributed by atoms with Gasteiger partial charge in [0, 0.05) is 44.0 Å². The first-order chi connectivity index (χ1) is 17.9. The minimum atomic E-state index is -0.0791. The second-order valence-electron chi connectivity index (χ2n) is 10.2. The number of aromatic nitrogens is 2. The molecule has 196 valence electrons. The molecule has 2 saturated heterocycles. The minimum absolute atomic E-state index is 0.0378. The number of pyridine rings is 1. The predicted molar refractivity (Wildman–Crippen MR) is 148 cm³/mol. The van der Waals surface area contributed by atoms with Gasteiger partial charge in [0.1, 0.15) is 10.6 Å². The van der Waals surface area contributed by atoms with E-state index < -0.39 is 0 Å². The molecule has 5 rings (SSSR count). The summed E-state index contributed by atoms with van der Waals surface area (Å²) in [6, 6.07) is 7.49. The van der Waals surface area contributed by atoms with Crippen molar-refractivity contribution in [3.05, 3.63) is 41.7 Å². The van der Waals surface area contributed by atoms with Crippen LogP contribution >= 0.6 is 11.5 Å². The standard InChI is InChI=1S/C28H35N5O3S/c1-4-36-22-7-5-21(6-8-22)30-26(34)20-11-15-32(16-12-20)25-23(17-29-27-24(25)19(3)31-37-27)28(35)33-13-9-18(2)10-14-33/h5-8,17-18,20H,4,9-16H2,1-3H3,(H,30,34). The van der Waals surface area contributed by atoms with Gasteiger partial charge in [0.2, 0.25) is 5.91 Å². The zero-order valence-corrected chi connectivity index (χ0v) is 22.6. The van der Waals surface area contributed by atoms with Crippen molar-refractivity contribution < 1.29 is 14.3 Å². The Morgan fingerprint density at radius 3 is 2.46 bits per heavy atom. The van der Waals surface area contributed by atoms with Crippen LogP contribution in [0.5, 0.6) is 5.75 Å². The number of ether oxygens (including phenoxy) is 1. The number of carbonyl (C=O) groups excluding carboxylic acids is 2. The largest absolute Gasteiger partial charge is 0.494 e. The van der Waals surface area contributed by atoms with Crippen molar-refractivity contribution in [1.29, 1.82) is 0 Å². The number of hydrogen-bond donors (Lipinski definition) is 1. The highest BCUT2D eigenvalue weighted by Crippen LogP contribution is 2.37. The SMILES string of the molecule is CCOc1ccc(NC(=O)C2CCN(c3c(C(=O)N4CCC(C)CC4)cnc4snc(C)c34)CC2)cc1. The summed E-state index contributed by atoms with van der Waals surface area (Å²) in [5.41, 5.74) is 3.27. The third-order valence-corrected chi connectivity index (χ3v) is 8.41. The van der Waals surface area contributed by atoms with Gasteiger partial charge < -0.3 is 19.9 Å². The van der Waals surface area contributed by atoms with Crippen molar-refractivity contribution in [3.63, 3.8) is 0 Å². The van der Waals surface area contributed by atoms with E-state index in [1.165, 1.54) is 11.5 Å². The van der Waals surface area contributed by atoms with Gasteiger partial charge in [-0.2, -0.15) is 4.37 Å². The maximum Gasteiger partial charge on any atom is 0.257 e. The van der Waals surface area contributed by atoms with E-state index in [-0.39, 0.29) is 17.7 Å². The zero-order valence-electron chi connectivity index (χ0n) is 21.8. The summed E-state index contributed by atoms with van der Waals surface area (Å²) >= 11 is 1.37. The number of anilines is 2. The van der Waals surface area contributed by atoms with Gasteiger partial charge in [-0.15, -0.1) is 0 Å². The van der Waals surface area contributed by atoms with Crippen molar-refractivity contribution in [1.82, 2.24) is 14.3 Å². The Morgan fingerprint density at radius 2 is 1.78 bits per heavy atom. The number of carbonyl (C=O) groups is 2. The first-order valence-electron chi connectivity index (χ1n) is 13.3. The molecule has 0 unspecified atom stereocenters. The Labute approximate surface area is 222 Å². The normalized spacial score (nSPS) is 17.3. The Morgan fingerprint density at radius 1 is 1.08 bits per heavy atom. The third kappa shape index (κ3) is 5.42. The number of amides is 2. The number of likely N-dealkylation sites (tertiary alicyclic amines) is 1. The van der Waals surface area contributed by atoms with E-state index in [4.69, 9.17) is 4.74 Å². The molecule has 0 bridgehead atoms. The molecule has 9 heteroatoms. The predicted octanol–water partition coefficient (Wildman–Crippen LogP) is 5.13. The zero-order chi connectivity index (χ0) is 25.9. The van der Waals surface area contributed by atoms with Gasteiger partial charge >= 0.3 is 0 Å². The summed E-state index contributed by atoms with van der Waals surface area (Å²) in [6.07, 6.45) is 5.24. The fraction of sp³-hybridized carbons (Fsp3) is 0.500. The molecule has 0 atom stereocenters. The average Bonchev–Trinajstić information content (AvgIpc) is 3.30. The minimum Gasteiger partial charge on any atom is -0.494 e. The molecule has 2 aliphatic heterocycles. The maximum atomic E-state index is 13.7. The molecule has 8 nitrogen and oxygen atoms in total. The fourth-order valence-corrected chi connectivity index (χ4v) is 6.07. The molecule has 0 radical (unpaired) electrons. The monoisotopic (exact) mass is 521 g/mol. The number of hydrogen-bond acceptors (Lipinski definition) is 7. The number of benzene rings is 1. The van der Waals surface area contributed by atoms with Gasteiger partial charge in [-0.1, -0.05) is 6.92 Å². The number of aryl methyl sites for hydroxylation is 1. The van der Waals surface area contributed by atoms with Gasteiger partial charge in [-0.3, -0.25) is 9.59 Å². The van der Waals surface area contributed by atoms with Crippen LogP contribution in [0.1, 0.15) is 55.6 Å². The molecule has 0 aliphatic carbocycles. The molecule has 37 heavy (non-hydrogen) atoms. The van der Waals surface area contributed by atoms with Gasteiger partial charge in [0.05, 0.1) is 28.9 Å².